The number of nitrogens with one attached hydrogen (secondary N) is 1. The SMILES string of the molecule is Cn1cnnc1C1CCN(c2c(C#N)cccc2-c2ccc(=O)[nH]c2)CC1. The van der Waals surface area contributed by atoms with Crippen molar-refractivity contribution in [2.75, 3.05) is 18.0 Å². The lowest BCUT2D eigenvalue weighted by atomic mass is 9.93. The Bertz CT molecular complexity index is 1030. The zero-order valence-corrected chi connectivity index (χ0v) is 15.1. The first kappa shape index (κ1) is 17.0. The first-order chi connectivity index (χ1) is 13.2. The number of anilines is 1. The number of benzene rings is 1. The van der Waals surface area contributed by atoms with Crippen molar-refractivity contribution < 1.29 is 0 Å². The molecule has 0 saturated carbocycles. The smallest absolute Gasteiger partial charge is 0.247 e. The Kier molecular flexibility index (Phi) is 4.47. The molecule has 1 fully saturated rings. The van der Waals surface area contributed by atoms with Crippen LogP contribution in [0.5, 0.6) is 0 Å². The number of rotatable bonds is 3. The third-order valence-corrected chi connectivity index (χ3v) is 5.17. The number of piperidine rings is 1. The number of pyridine rings is 1. The molecule has 1 aliphatic heterocycles. The van der Waals surface area contributed by atoms with Crippen molar-refractivity contribution in [3.63, 3.8) is 0 Å². The number of nitrogens with zero attached hydrogens (tertiary/aromatic N) is 5. The fraction of sp³-hybridized carbons (Fsp3) is 0.300. The third-order valence-electron chi connectivity index (χ3n) is 5.17. The molecule has 4 rings (SSSR count). The fourth-order valence-electron chi connectivity index (χ4n) is 3.81. The summed E-state index contributed by atoms with van der Waals surface area (Å²) >= 11 is 0. The van der Waals surface area contributed by atoms with Crippen molar-refractivity contribution in [1.82, 2.24) is 19.7 Å². The standard InChI is InChI=1S/C20H20N6O/c1-25-13-23-24-20(25)14-7-9-26(10-8-14)19-15(11-21)3-2-4-17(19)16-5-6-18(27)22-12-16/h2-6,12-14H,7-10H2,1H3,(H,22,27). The molecule has 0 atom stereocenters. The maximum Gasteiger partial charge on any atom is 0.247 e. The van der Waals surface area contributed by atoms with Crippen LogP contribution in [0, 0.1) is 11.3 Å². The maximum atomic E-state index is 11.4. The molecule has 1 saturated heterocycles. The van der Waals surface area contributed by atoms with Crippen molar-refractivity contribution in [2.24, 2.45) is 7.05 Å². The van der Waals surface area contributed by atoms with Crippen molar-refractivity contribution in [1.29, 1.82) is 5.26 Å². The molecule has 7 heteroatoms. The molecule has 0 radical (unpaired) electrons. The summed E-state index contributed by atoms with van der Waals surface area (Å²) in [7, 11) is 1.97. The molecule has 136 valence electrons. The Morgan fingerprint density at radius 2 is 2.04 bits per heavy atom. The summed E-state index contributed by atoms with van der Waals surface area (Å²) in [5, 5.41) is 17.9. The van der Waals surface area contributed by atoms with Gasteiger partial charge >= 0.3 is 0 Å². The first-order valence-electron chi connectivity index (χ1n) is 8.98. The number of aromatic amines is 1. The van der Waals surface area contributed by atoms with Crippen LogP contribution in [0.1, 0.15) is 30.1 Å². The van der Waals surface area contributed by atoms with Crippen molar-refractivity contribution in [2.45, 2.75) is 18.8 Å². The lowest BCUT2D eigenvalue weighted by molar-refractivity contribution is 0.474. The average molecular weight is 360 g/mol. The molecule has 3 aromatic rings. The summed E-state index contributed by atoms with van der Waals surface area (Å²) in [6.07, 6.45) is 5.35. The van der Waals surface area contributed by atoms with Gasteiger partial charge in [0, 0.05) is 49.4 Å². The second-order valence-corrected chi connectivity index (χ2v) is 6.82. The summed E-state index contributed by atoms with van der Waals surface area (Å²) in [5.41, 5.74) is 3.31. The number of hydrogen-bond donors (Lipinski definition) is 1. The molecule has 7 nitrogen and oxygen atoms in total. The minimum absolute atomic E-state index is 0.138. The van der Waals surface area contributed by atoms with E-state index < -0.39 is 0 Å². The van der Waals surface area contributed by atoms with Gasteiger partial charge < -0.3 is 14.5 Å². The van der Waals surface area contributed by atoms with Gasteiger partial charge in [0.25, 0.3) is 0 Å². The van der Waals surface area contributed by atoms with Crippen LogP contribution in [0.15, 0.2) is 47.7 Å². The largest absolute Gasteiger partial charge is 0.370 e. The minimum Gasteiger partial charge on any atom is -0.370 e. The molecule has 1 aliphatic rings. The number of aryl methyl sites for hydroxylation is 1. The predicted molar refractivity (Wildman–Crippen MR) is 102 cm³/mol. The number of aromatic nitrogens is 4. The van der Waals surface area contributed by atoms with E-state index in [0.29, 0.717) is 11.5 Å². The van der Waals surface area contributed by atoms with Crippen LogP contribution in [0.4, 0.5) is 5.69 Å². The van der Waals surface area contributed by atoms with E-state index >= 15 is 0 Å². The highest BCUT2D eigenvalue weighted by molar-refractivity contribution is 5.82. The van der Waals surface area contributed by atoms with Crippen LogP contribution >= 0.6 is 0 Å². The number of para-hydroxylation sites is 1. The number of nitriles is 1. The predicted octanol–water partition coefficient (Wildman–Crippen LogP) is 2.43. The van der Waals surface area contributed by atoms with Gasteiger partial charge in [-0.3, -0.25) is 4.79 Å². The Morgan fingerprint density at radius 1 is 1.22 bits per heavy atom. The molecule has 1 N–H and O–H groups in total. The quantitative estimate of drug-likeness (QED) is 0.775. The Morgan fingerprint density at radius 3 is 2.67 bits per heavy atom. The molecule has 0 bridgehead atoms. The minimum atomic E-state index is -0.138. The summed E-state index contributed by atoms with van der Waals surface area (Å²) < 4.78 is 1.98. The lowest BCUT2D eigenvalue weighted by Crippen LogP contribution is -2.34. The van der Waals surface area contributed by atoms with E-state index in [0.717, 1.165) is 48.6 Å². The molecular weight excluding hydrogens is 340 g/mol. The van der Waals surface area contributed by atoms with Crippen LogP contribution in [-0.4, -0.2) is 32.8 Å². The van der Waals surface area contributed by atoms with E-state index in [1.807, 2.05) is 29.8 Å². The Balaban J connectivity index is 1.66. The van der Waals surface area contributed by atoms with Crippen LogP contribution in [0.3, 0.4) is 0 Å². The highest BCUT2D eigenvalue weighted by Crippen LogP contribution is 2.37. The normalized spacial score (nSPS) is 14.9. The molecule has 27 heavy (non-hydrogen) atoms. The molecule has 3 heterocycles. The highest BCUT2D eigenvalue weighted by Gasteiger charge is 2.26. The van der Waals surface area contributed by atoms with Crippen molar-refractivity contribution in [3.05, 3.63) is 64.6 Å². The van der Waals surface area contributed by atoms with Crippen LogP contribution in [-0.2, 0) is 7.05 Å². The lowest BCUT2D eigenvalue weighted by Gasteiger charge is -2.35. The van der Waals surface area contributed by atoms with Gasteiger partial charge in [0.1, 0.15) is 18.2 Å². The monoisotopic (exact) mass is 360 g/mol. The van der Waals surface area contributed by atoms with Gasteiger partial charge in [-0.1, -0.05) is 12.1 Å². The second kappa shape index (κ2) is 7.08. The zero-order valence-electron chi connectivity index (χ0n) is 15.1. The number of H-pyrrole nitrogens is 1. The van der Waals surface area contributed by atoms with E-state index in [2.05, 4.69) is 26.2 Å². The molecular formula is C20H20N6O. The van der Waals surface area contributed by atoms with E-state index in [9.17, 15) is 10.1 Å². The molecule has 0 amide bonds. The van der Waals surface area contributed by atoms with E-state index in [-0.39, 0.29) is 5.56 Å². The summed E-state index contributed by atoms with van der Waals surface area (Å²) in [6.45, 7) is 1.68. The van der Waals surface area contributed by atoms with Gasteiger partial charge in [0.2, 0.25) is 5.56 Å². The van der Waals surface area contributed by atoms with E-state index in [1.165, 1.54) is 6.07 Å². The Hall–Kier alpha value is -3.40. The van der Waals surface area contributed by atoms with E-state index in [4.69, 9.17) is 0 Å². The fourth-order valence-corrected chi connectivity index (χ4v) is 3.81. The third kappa shape index (κ3) is 3.22. The Labute approximate surface area is 156 Å². The van der Waals surface area contributed by atoms with Gasteiger partial charge in [-0.05, 0) is 25.0 Å². The van der Waals surface area contributed by atoms with Gasteiger partial charge in [-0.25, -0.2) is 0 Å². The van der Waals surface area contributed by atoms with Crippen molar-refractivity contribution in [3.8, 4) is 17.2 Å². The maximum absolute atomic E-state index is 11.4. The topological polar surface area (TPSA) is 90.6 Å². The average Bonchev–Trinajstić information content (AvgIpc) is 3.14. The van der Waals surface area contributed by atoms with E-state index in [1.54, 1.807) is 18.6 Å². The van der Waals surface area contributed by atoms with Gasteiger partial charge in [0.05, 0.1) is 11.3 Å². The molecule has 2 aromatic heterocycles. The van der Waals surface area contributed by atoms with Crippen LogP contribution < -0.4 is 10.5 Å². The van der Waals surface area contributed by atoms with Gasteiger partial charge in [-0.15, -0.1) is 10.2 Å². The van der Waals surface area contributed by atoms with Crippen LogP contribution in [0.2, 0.25) is 0 Å². The number of hydrogen-bond acceptors (Lipinski definition) is 5. The van der Waals surface area contributed by atoms with Crippen LogP contribution in [0.25, 0.3) is 11.1 Å². The summed E-state index contributed by atoms with van der Waals surface area (Å²) in [4.78, 5) is 16.4. The second-order valence-electron chi connectivity index (χ2n) is 6.82. The van der Waals surface area contributed by atoms with Crippen molar-refractivity contribution >= 4 is 5.69 Å². The highest BCUT2D eigenvalue weighted by atomic mass is 16.1. The first-order valence-corrected chi connectivity index (χ1v) is 8.98. The van der Waals surface area contributed by atoms with Gasteiger partial charge in [0.15, 0.2) is 0 Å². The van der Waals surface area contributed by atoms with Gasteiger partial charge in [-0.2, -0.15) is 5.26 Å². The molecule has 0 spiro atoms. The molecule has 0 unspecified atom stereocenters. The molecule has 0 aliphatic carbocycles. The zero-order chi connectivity index (χ0) is 18.8. The molecule has 1 aromatic carbocycles. The summed E-state index contributed by atoms with van der Waals surface area (Å²) in [6, 6.07) is 11.4. The summed E-state index contributed by atoms with van der Waals surface area (Å²) in [5.74, 6) is 1.39.